The van der Waals surface area contributed by atoms with Gasteiger partial charge in [0.1, 0.15) is 18.1 Å². The Morgan fingerprint density at radius 1 is 1.14 bits per heavy atom. The lowest BCUT2D eigenvalue weighted by Gasteiger charge is -2.18. The molecule has 1 aliphatic rings. The predicted molar refractivity (Wildman–Crippen MR) is 79.7 cm³/mol. The van der Waals surface area contributed by atoms with Gasteiger partial charge in [0.15, 0.2) is 5.78 Å². The molecule has 2 aromatic rings. The molecule has 0 spiro atoms. The van der Waals surface area contributed by atoms with E-state index in [9.17, 15) is 9.90 Å². The van der Waals surface area contributed by atoms with Crippen molar-refractivity contribution in [2.45, 2.75) is 6.54 Å². The molecule has 3 rings (SSSR count). The summed E-state index contributed by atoms with van der Waals surface area (Å²) in [6, 6.07) is 14.3. The van der Waals surface area contributed by atoms with Crippen molar-refractivity contribution in [2.24, 2.45) is 0 Å². The molecule has 0 aromatic heterocycles. The summed E-state index contributed by atoms with van der Waals surface area (Å²) in [5.41, 5.74) is 1.72. The van der Waals surface area contributed by atoms with Crippen LogP contribution in [-0.2, 0) is 6.54 Å². The monoisotopic (exact) mass is 283 g/mol. The van der Waals surface area contributed by atoms with E-state index in [-0.39, 0.29) is 11.5 Å². The first-order valence-electron chi connectivity index (χ1n) is 6.98. The van der Waals surface area contributed by atoms with E-state index in [1.165, 1.54) is 12.1 Å². The highest BCUT2D eigenvalue weighted by molar-refractivity contribution is 5.97. The average molecular weight is 283 g/mol. The third-order valence-corrected chi connectivity index (χ3v) is 3.59. The lowest BCUT2D eigenvalue weighted by Crippen LogP contribution is -2.31. The van der Waals surface area contributed by atoms with E-state index in [1.807, 2.05) is 24.3 Å². The average Bonchev–Trinajstić information content (AvgIpc) is 2.69. The number of phenols is 1. The Balaban J connectivity index is 1.70. The summed E-state index contributed by atoms with van der Waals surface area (Å²) in [5.74, 6) is 1.12. The van der Waals surface area contributed by atoms with Gasteiger partial charge in [-0.2, -0.15) is 0 Å². The molecule has 0 radical (unpaired) electrons. The molecule has 1 aliphatic heterocycles. The number of carbonyl (C=O) groups is 1. The number of hydrogen-bond donors (Lipinski definition) is 1. The molecular formula is C17H17NO3. The molecule has 0 saturated carbocycles. The molecular weight excluding hydrogens is 266 g/mol. The first-order chi connectivity index (χ1) is 10.2. The van der Waals surface area contributed by atoms with E-state index in [4.69, 9.17) is 4.74 Å². The number of hydrogen-bond acceptors (Lipinski definition) is 4. The number of para-hydroxylation sites is 1. The number of phenolic OH excluding ortho intramolecular Hbond substituents is 1. The number of fused-ring (bicyclic) bond motifs is 1. The Bertz CT molecular complexity index is 637. The zero-order valence-corrected chi connectivity index (χ0v) is 11.7. The quantitative estimate of drug-likeness (QED) is 0.879. The maximum Gasteiger partial charge on any atom is 0.176 e. The lowest BCUT2D eigenvalue weighted by molar-refractivity contribution is 0.0921. The van der Waals surface area contributed by atoms with Crippen LogP contribution in [0, 0.1) is 0 Å². The first kappa shape index (κ1) is 13.6. The van der Waals surface area contributed by atoms with Crippen molar-refractivity contribution in [2.75, 3.05) is 19.7 Å². The molecule has 4 nitrogen and oxygen atoms in total. The summed E-state index contributed by atoms with van der Waals surface area (Å²) in [6.07, 6.45) is 0. The molecule has 1 heterocycles. The molecule has 108 valence electrons. The number of aromatic hydroxyl groups is 1. The molecule has 0 atom stereocenters. The van der Waals surface area contributed by atoms with Gasteiger partial charge in [-0.15, -0.1) is 0 Å². The number of carbonyl (C=O) groups excluding carboxylic acids is 1. The molecule has 21 heavy (non-hydrogen) atoms. The molecule has 0 amide bonds. The molecule has 0 aliphatic carbocycles. The number of ketones is 1. The third-order valence-electron chi connectivity index (χ3n) is 3.59. The molecule has 2 aromatic carbocycles. The van der Waals surface area contributed by atoms with E-state index in [1.54, 1.807) is 12.1 Å². The summed E-state index contributed by atoms with van der Waals surface area (Å²) >= 11 is 0. The number of nitrogens with zero attached hydrogens (tertiary/aromatic N) is 1. The second-order valence-electron chi connectivity index (χ2n) is 5.14. The molecule has 1 N–H and O–H groups in total. The van der Waals surface area contributed by atoms with Crippen LogP contribution in [0.25, 0.3) is 0 Å². The summed E-state index contributed by atoms with van der Waals surface area (Å²) in [7, 11) is 0. The predicted octanol–water partition coefficient (Wildman–Crippen LogP) is 2.47. The first-order valence-corrected chi connectivity index (χ1v) is 6.98. The van der Waals surface area contributed by atoms with Crippen molar-refractivity contribution in [3.8, 4) is 11.5 Å². The third kappa shape index (κ3) is 3.23. The van der Waals surface area contributed by atoms with Crippen LogP contribution in [0.1, 0.15) is 15.9 Å². The van der Waals surface area contributed by atoms with Crippen molar-refractivity contribution in [1.29, 1.82) is 0 Å². The second-order valence-corrected chi connectivity index (χ2v) is 5.14. The van der Waals surface area contributed by atoms with E-state index >= 15 is 0 Å². The van der Waals surface area contributed by atoms with Crippen LogP contribution in [0.5, 0.6) is 11.5 Å². The minimum atomic E-state index is 0.0504. The smallest absolute Gasteiger partial charge is 0.176 e. The Morgan fingerprint density at radius 2 is 1.90 bits per heavy atom. The normalized spacial score (nSPS) is 14.9. The van der Waals surface area contributed by atoms with Gasteiger partial charge in [0, 0.05) is 24.2 Å². The molecule has 0 saturated heterocycles. The highest BCUT2D eigenvalue weighted by atomic mass is 16.5. The zero-order chi connectivity index (χ0) is 14.7. The van der Waals surface area contributed by atoms with Crippen LogP contribution in [0.4, 0.5) is 0 Å². The topological polar surface area (TPSA) is 49.8 Å². The van der Waals surface area contributed by atoms with Gasteiger partial charge in [-0.25, -0.2) is 0 Å². The molecule has 4 heteroatoms. The van der Waals surface area contributed by atoms with E-state index in [2.05, 4.69) is 4.90 Å². The maximum absolute atomic E-state index is 12.3. The fourth-order valence-corrected chi connectivity index (χ4v) is 2.46. The van der Waals surface area contributed by atoms with E-state index < -0.39 is 0 Å². The standard InChI is InChI=1S/C17H17NO3/c19-15-7-5-13(6-8-15)16(20)12-18-9-10-21-17-4-2-1-3-14(17)11-18/h1-8,19H,9-12H2. The van der Waals surface area contributed by atoms with Crippen LogP contribution in [0.3, 0.4) is 0 Å². The van der Waals surface area contributed by atoms with Crippen LogP contribution < -0.4 is 4.74 Å². The van der Waals surface area contributed by atoms with Gasteiger partial charge in [-0.3, -0.25) is 9.69 Å². The van der Waals surface area contributed by atoms with Crippen molar-refractivity contribution < 1.29 is 14.6 Å². The lowest BCUT2D eigenvalue weighted by atomic mass is 10.1. The maximum atomic E-state index is 12.3. The summed E-state index contributed by atoms with van der Waals surface area (Å²) < 4.78 is 5.70. The summed E-state index contributed by atoms with van der Waals surface area (Å²) in [6.45, 7) is 2.36. The van der Waals surface area contributed by atoms with E-state index in [0.717, 1.165) is 17.9 Å². The van der Waals surface area contributed by atoms with Gasteiger partial charge < -0.3 is 9.84 Å². The number of Topliss-reactive ketones (excluding diaryl/α,β-unsaturated/α-hetero) is 1. The van der Waals surface area contributed by atoms with Gasteiger partial charge in [0.25, 0.3) is 0 Å². The number of benzene rings is 2. The Morgan fingerprint density at radius 3 is 2.71 bits per heavy atom. The fraction of sp³-hybridized carbons (Fsp3) is 0.235. The van der Waals surface area contributed by atoms with E-state index in [0.29, 0.717) is 25.3 Å². The zero-order valence-electron chi connectivity index (χ0n) is 11.7. The van der Waals surface area contributed by atoms with Gasteiger partial charge >= 0.3 is 0 Å². The minimum absolute atomic E-state index is 0.0504. The van der Waals surface area contributed by atoms with Crippen molar-refractivity contribution in [3.05, 3.63) is 59.7 Å². The molecule has 0 fully saturated rings. The van der Waals surface area contributed by atoms with Crippen molar-refractivity contribution in [3.63, 3.8) is 0 Å². The van der Waals surface area contributed by atoms with Gasteiger partial charge in [-0.05, 0) is 30.3 Å². The number of rotatable bonds is 3. The summed E-state index contributed by atoms with van der Waals surface area (Å²) in [5, 5.41) is 9.27. The van der Waals surface area contributed by atoms with Gasteiger partial charge in [-0.1, -0.05) is 18.2 Å². The highest BCUT2D eigenvalue weighted by Crippen LogP contribution is 2.22. The minimum Gasteiger partial charge on any atom is -0.508 e. The SMILES string of the molecule is O=C(CN1CCOc2ccccc2C1)c1ccc(O)cc1. The van der Waals surface area contributed by atoms with Crippen LogP contribution in [0.2, 0.25) is 0 Å². The van der Waals surface area contributed by atoms with Crippen molar-refractivity contribution >= 4 is 5.78 Å². The fourth-order valence-electron chi connectivity index (χ4n) is 2.46. The summed E-state index contributed by atoms with van der Waals surface area (Å²) in [4.78, 5) is 14.4. The van der Waals surface area contributed by atoms with Crippen LogP contribution >= 0.6 is 0 Å². The van der Waals surface area contributed by atoms with Crippen LogP contribution in [-0.4, -0.2) is 35.5 Å². The Hall–Kier alpha value is -2.33. The van der Waals surface area contributed by atoms with Gasteiger partial charge in [0.2, 0.25) is 0 Å². The molecule has 0 unspecified atom stereocenters. The van der Waals surface area contributed by atoms with Crippen molar-refractivity contribution in [1.82, 2.24) is 4.90 Å². The Labute approximate surface area is 123 Å². The van der Waals surface area contributed by atoms with Crippen LogP contribution in [0.15, 0.2) is 48.5 Å². The molecule has 0 bridgehead atoms. The Kier molecular flexibility index (Phi) is 3.88. The second kappa shape index (κ2) is 5.97. The van der Waals surface area contributed by atoms with Gasteiger partial charge in [0.05, 0.1) is 6.54 Å². The largest absolute Gasteiger partial charge is 0.508 e. The number of ether oxygens (including phenoxy) is 1. The highest BCUT2D eigenvalue weighted by Gasteiger charge is 2.18.